The molecule has 0 unspecified atom stereocenters. The van der Waals surface area contributed by atoms with Gasteiger partial charge in [0, 0.05) is 0 Å². The Bertz CT molecular complexity index is 96.5. The smallest absolute Gasteiger partial charge is 0.854 e. The molecular formula is C20H45O5Ta-3. The third kappa shape index (κ3) is 122. The monoisotopic (exact) mass is 546 g/mol. The van der Waals surface area contributed by atoms with Crippen molar-refractivity contribution < 1.29 is 47.9 Å². The molecule has 0 N–H and O–H groups in total. The first-order valence-electron chi connectivity index (χ1n) is 9.98. The molecule has 0 saturated carbocycles. The minimum atomic E-state index is 0. The van der Waals surface area contributed by atoms with E-state index in [1.165, 1.54) is 0 Å². The molecule has 0 aromatic carbocycles. The molecule has 0 bridgehead atoms. The molecule has 0 rings (SSSR count). The van der Waals surface area contributed by atoms with Gasteiger partial charge in [-0.3, -0.25) is 0 Å². The summed E-state index contributed by atoms with van der Waals surface area (Å²) in [6.07, 6.45) is 9.32. The molecule has 163 valence electrons. The van der Waals surface area contributed by atoms with Crippen LogP contribution in [0.3, 0.4) is 0 Å². The minimum absolute atomic E-state index is 0. The summed E-state index contributed by atoms with van der Waals surface area (Å²) in [6, 6.07) is 0. The Morgan fingerprint density at radius 3 is 0.462 bits per heavy atom. The van der Waals surface area contributed by atoms with E-state index in [1.807, 2.05) is 34.6 Å². The fourth-order valence-electron chi connectivity index (χ4n) is 0.722. The fourth-order valence-corrected chi connectivity index (χ4v) is 0.722. The molecule has 0 heterocycles. The minimum Gasteiger partial charge on any atom is -0.854 e. The standard InChI is InChI=1S/5C4H9O.Ta/c5*1-2-3-4-5;/h5*2-4H2,1H3;/q5*-1;+2. The first kappa shape index (κ1) is 41.0. The van der Waals surface area contributed by atoms with Gasteiger partial charge in [-0.05, 0) is 0 Å². The Morgan fingerprint density at radius 1 is 0.346 bits per heavy atom. The van der Waals surface area contributed by atoms with Gasteiger partial charge < -0.3 is 25.5 Å². The first-order valence-corrected chi connectivity index (χ1v) is 9.98. The van der Waals surface area contributed by atoms with Gasteiger partial charge in [-0.2, -0.15) is 0 Å². The van der Waals surface area contributed by atoms with Crippen molar-refractivity contribution in [2.24, 2.45) is 0 Å². The quantitative estimate of drug-likeness (QED) is 0.401. The van der Waals surface area contributed by atoms with Gasteiger partial charge in [-0.15, -0.1) is 33.0 Å². The average Bonchev–Trinajstić information content (AvgIpc) is 2.61. The Balaban J connectivity index is -0.0000000476. The Kier molecular flexibility index (Phi) is 101. The Hall–Kier alpha value is 0.540. The van der Waals surface area contributed by atoms with E-state index in [1.54, 1.807) is 0 Å². The molecule has 5 nitrogen and oxygen atoms in total. The number of hydrogen-bond donors (Lipinski definition) is 0. The van der Waals surface area contributed by atoms with Crippen molar-refractivity contribution in [3.8, 4) is 0 Å². The SMILES string of the molecule is CCCC[O-].CCCC[O-].CCCC[O-].CCCC[O-].CCCC[O-].[Ta+2]. The van der Waals surface area contributed by atoms with Crippen LogP contribution in [0.4, 0.5) is 0 Å². The van der Waals surface area contributed by atoms with Crippen LogP contribution in [0.2, 0.25) is 0 Å². The number of hydrogen-bond acceptors (Lipinski definition) is 5. The zero-order valence-electron chi connectivity index (χ0n) is 18.1. The van der Waals surface area contributed by atoms with Crippen molar-refractivity contribution >= 4 is 0 Å². The van der Waals surface area contributed by atoms with E-state index in [9.17, 15) is 25.5 Å². The predicted octanol–water partition coefficient (Wildman–Crippen LogP) is 0.732. The Morgan fingerprint density at radius 2 is 0.462 bits per heavy atom. The van der Waals surface area contributed by atoms with Gasteiger partial charge >= 0.3 is 22.4 Å². The molecule has 0 aromatic heterocycles. The van der Waals surface area contributed by atoms with Crippen LogP contribution < -0.4 is 25.5 Å². The fraction of sp³-hybridized carbons (Fsp3) is 1.00. The first-order chi connectivity index (χ1) is 12.1. The molecule has 0 spiro atoms. The summed E-state index contributed by atoms with van der Waals surface area (Å²) in [4.78, 5) is 0. The van der Waals surface area contributed by atoms with E-state index < -0.39 is 0 Å². The molecule has 0 aliphatic heterocycles. The van der Waals surface area contributed by atoms with Crippen LogP contribution in [0.25, 0.3) is 0 Å². The number of rotatable bonds is 10. The van der Waals surface area contributed by atoms with Crippen molar-refractivity contribution in [2.45, 2.75) is 98.8 Å². The molecule has 26 heavy (non-hydrogen) atoms. The maximum Gasteiger partial charge on any atom is 2.00 e. The normalized spacial score (nSPS) is 8.08. The number of unbranched alkanes of at least 4 members (excludes halogenated alkanes) is 5. The molecule has 0 atom stereocenters. The van der Waals surface area contributed by atoms with Crippen molar-refractivity contribution in [1.29, 1.82) is 0 Å². The van der Waals surface area contributed by atoms with Crippen molar-refractivity contribution in [3.63, 3.8) is 0 Å². The summed E-state index contributed by atoms with van der Waals surface area (Å²) in [5.41, 5.74) is 0. The van der Waals surface area contributed by atoms with Gasteiger partial charge in [0.25, 0.3) is 0 Å². The van der Waals surface area contributed by atoms with Gasteiger partial charge in [-0.1, -0.05) is 98.8 Å². The molecule has 0 fully saturated rings. The van der Waals surface area contributed by atoms with Crippen LogP contribution in [0.1, 0.15) is 98.8 Å². The summed E-state index contributed by atoms with van der Waals surface area (Å²) in [5, 5.41) is 47.6. The maximum absolute atomic E-state index is 9.53. The van der Waals surface area contributed by atoms with Crippen LogP contribution in [-0.4, -0.2) is 33.0 Å². The van der Waals surface area contributed by atoms with Gasteiger partial charge in [0.05, 0.1) is 0 Å². The van der Waals surface area contributed by atoms with E-state index in [-0.39, 0.29) is 55.4 Å². The van der Waals surface area contributed by atoms with Gasteiger partial charge in [-0.25, -0.2) is 0 Å². The molecule has 0 aliphatic rings. The van der Waals surface area contributed by atoms with E-state index in [0.29, 0.717) is 0 Å². The summed E-state index contributed by atoms with van der Waals surface area (Å²) < 4.78 is 0. The van der Waals surface area contributed by atoms with E-state index in [2.05, 4.69) is 0 Å². The zero-order chi connectivity index (χ0) is 20.6. The van der Waals surface area contributed by atoms with E-state index in [0.717, 1.165) is 64.2 Å². The third-order valence-electron chi connectivity index (χ3n) is 2.49. The van der Waals surface area contributed by atoms with E-state index in [4.69, 9.17) is 0 Å². The zero-order valence-corrected chi connectivity index (χ0v) is 21.3. The van der Waals surface area contributed by atoms with Crippen LogP contribution in [-0.2, 0) is 22.4 Å². The maximum atomic E-state index is 9.53. The van der Waals surface area contributed by atoms with Gasteiger partial charge in [0.1, 0.15) is 0 Å². The second-order valence-corrected chi connectivity index (χ2v) is 5.29. The van der Waals surface area contributed by atoms with Crippen LogP contribution in [0.15, 0.2) is 0 Å². The predicted molar refractivity (Wildman–Crippen MR) is 98.9 cm³/mol. The van der Waals surface area contributed by atoms with Gasteiger partial charge in [0.15, 0.2) is 0 Å². The Labute approximate surface area is 179 Å². The molecule has 0 amide bonds. The summed E-state index contributed by atoms with van der Waals surface area (Å²) >= 11 is 0. The van der Waals surface area contributed by atoms with Crippen LogP contribution >= 0.6 is 0 Å². The molecular weight excluding hydrogens is 501 g/mol. The molecule has 0 saturated heterocycles. The van der Waals surface area contributed by atoms with Crippen molar-refractivity contribution in [2.75, 3.05) is 33.0 Å². The summed E-state index contributed by atoms with van der Waals surface area (Å²) in [6.45, 7) is 10.5. The van der Waals surface area contributed by atoms with E-state index >= 15 is 0 Å². The molecule has 1 radical (unpaired) electrons. The average molecular weight is 547 g/mol. The summed E-state index contributed by atoms with van der Waals surface area (Å²) in [7, 11) is 0. The van der Waals surface area contributed by atoms with Crippen LogP contribution in [0.5, 0.6) is 0 Å². The van der Waals surface area contributed by atoms with Crippen molar-refractivity contribution in [1.82, 2.24) is 0 Å². The second kappa shape index (κ2) is 63.7. The molecule has 6 heteroatoms. The second-order valence-electron chi connectivity index (χ2n) is 5.29. The molecule has 0 aromatic rings. The van der Waals surface area contributed by atoms with Crippen LogP contribution in [0, 0.1) is 0 Å². The van der Waals surface area contributed by atoms with Gasteiger partial charge in [0.2, 0.25) is 0 Å². The topological polar surface area (TPSA) is 115 Å². The van der Waals surface area contributed by atoms with Crippen molar-refractivity contribution in [3.05, 3.63) is 0 Å². The largest absolute Gasteiger partial charge is 2.00 e. The summed E-state index contributed by atoms with van der Waals surface area (Å²) in [5.74, 6) is 0. The third-order valence-corrected chi connectivity index (χ3v) is 2.49. The molecule has 0 aliphatic carbocycles.